The van der Waals surface area contributed by atoms with Crippen molar-refractivity contribution in [3.05, 3.63) is 47.0 Å². The second-order valence-electron chi connectivity index (χ2n) is 3.90. The first-order chi connectivity index (χ1) is 9.65. The number of hydrogen-bond donors (Lipinski definition) is 3. The summed E-state index contributed by atoms with van der Waals surface area (Å²) in [5, 5.41) is 11.9. The van der Waals surface area contributed by atoms with Crippen LogP contribution in [-0.4, -0.2) is 33.5 Å². The molecule has 8 heteroatoms. The summed E-state index contributed by atoms with van der Waals surface area (Å²) >= 11 is 5.72. The molecule has 2 rings (SSSR count). The van der Waals surface area contributed by atoms with Crippen LogP contribution in [-0.2, 0) is 11.3 Å². The Hall–Kier alpha value is -2.41. The minimum Gasteiger partial charge on any atom is -0.347 e. The van der Waals surface area contributed by atoms with Crippen molar-refractivity contribution in [2.45, 2.75) is 6.54 Å². The number of halogens is 1. The third-order valence-corrected chi connectivity index (χ3v) is 2.69. The number of carbonyl (C=O) groups is 2. The van der Waals surface area contributed by atoms with E-state index in [0.717, 1.165) is 0 Å². The van der Waals surface area contributed by atoms with Gasteiger partial charge in [-0.2, -0.15) is 5.10 Å². The van der Waals surface area contributed by atoms with Crippen molar-refractivity contribution in [2.24, 2.45) is 0 Å². The second kappa shape index (κ2) is 6.67. The molecule has 0 aliphatic rings. The molecule has 20 heavy (non-hydrogen) atoms. The zero-order valence-corrected chi connectivity index (χ0v) is 11.1. The first-order valence-corrected chi connectivity index (χ1v) is 6.17. The van der Waals surface area contributed by atoms with Crippen LogP contribution in [0.2, 0.25) is 5.02 Å². The van der Waals surface area contributed by atoms with Gasteiger partial charge in [0.1, 0.15) is 12.2 Å². The van der Waals surface area contributed by atoms with Gasteiger partial charge in [0.25, 0.3) is 5.91 Å². The first-order valence-electron chi connectivity index (χ1n) is 5.80. The molecule has 0 atom stereocenters. The zero-order chi connectivity index (χ0) is 14.4. The predicted molar refractivity (Wildman–Crippen MR) is 72.0 cm³/mol. The van der Waals surface area contributed by atoms with Crippen molar-refractivity contribution >= 4 is 23.4 Å². The van der Waals surface area contributed by atoms with Crippen molar-refractivity contribution in [1.29, 1.82) is 0 Å². The highest BCUT2D eigenvalue weighted by atomic mass is 35.5. The maximum atomic E-state index is 11.7. The van der Waals surface area contributed by atoms with E-state index in [2.05, 4.69) is 25.8 Å². The molecule has 104 valence electrons. The van der Waals surface area contributed by atoms with Gasteiger partial charge in [0.05, 0.1) is 13.1 Å². The van der Waals surface area contributed by atoms with Gasteiger partial charge >= 0.3 is 0 Å². The van der Waals surface area contributed by atoms with E-state index in [1.165, 1.54) is 6.33 Å². The average Bonchev–Trinajstić information content (AvgIpc) is 2.96. The van der Waals surface area contributed by atoms with Gasteiger partial charge in [-0.1, -0.05) is 11.6 Å². The number of aromatic nitrogens is 3. The number of aromatic amines is 1. The monoisotopic (exact) mass is 293 g/mol. The molecule has 2 aromatic rings. The SMILES string of the molecule is O=C(CNC(=O)c1ccc(Cl)cc1)NCc1ncn[nH]1. The molecule has 0 radical (unpaired) electrons. The number of rotatable bonds is 5. The maximum Gasteiger partial charge on any atom is 0.251 e. The number of benzene rings is 1. The zero-order valence-electron chi connectivity index (χ0n) is 10.4. The summed E-state index contributed by atoms with van der Waals surface area (Å²) in [7, 11) is 0. The summed E-state index contributed by atoms with van der Waals surface area (Å²) in [5.74, 6) is -0.109. The minimum atomic E-state index is -0.337. The van der Waals surface area contributed by atoms with Crippen LogP contribution in [0.1, 0.15) is 16.2 Å². The van der Waals surface area contributed by atoms with E-state index in [0.29, 0.717) is 16.4 Å². The molecule has 0 bridgehead atoms. The normalized spacial score (nSPS) is 10.1. The first kappa shape index (κ1) is 14.0. The maximum absolute atomic E-state index is 11.7. The summed E-state index contributed by atoms with van der Waals surface area (Å²) < 4.78 is 0. The van der Waals surface area contributed by atoms with Crippen LogP contribution in [0.25, 0.3) is 0 Å². The lowest BCUT2D eigenvalue weighted by Crippen LogP contribution is -2.36. The highest BCUT2D eigenvalue weighted by Gasteiger charge is 2.08. The Kier molecular flexibility index (Phi) is 4.67. The number of H-pyrrole nitrogens is 1. The van der Waals surface area contributed by atoms with E-state index in [1.807, 2.05) is 0 Å². The molecule has 1 aromatic heterocycles. The summed E-state index contributed by atoms with van der Waals surface area (Å²) in [6.07, 6.45) is 1.35. The molecule has 0 aliphatic heterocycles. The molecule has 0 saturated heterocycles. The molecule has 0 unspecified atom stereocenters. The van der Waals surface area contributed by atoms with Gasteiger partial charge in [-0.05, 0) is 24.3 Å². The molecule has 3 N–H and O–H groups in total. The molecule has 0 spiro atoms. The van der Waals surface area contributed by atoms with Crippen LogP contribution in [0, 0.1) is 0 Å². The fourth-order valence-electron chi connectivity index (χ4n) is 1.42. The Labute approximate surface area is 119 Å². The van der Waals surface area contributed by atoms with Crippen LogP contribution in [0.15, 0.2) is 30.6 Å². The molecular weight excluding hydrogens is 282 g/mol. The van der Waals surface area contributed by atoms with Crippen LogP contribution >= 0.6 is 11.6 Å². The highest BCUT2D eigenvalue weighted by Crippen LogP contribution is 2.09. The second-order valence-corrected chi connectivity index (χ2v) is 4.33. The summed E-state index contributed by atoms with van der Waals surface area (Å²) in [4.78, 5) is 27.1. The lowest BCUT2D eigenvalue weighted by molar-refractivity contribution is -0.120. The summed E-state index contributed by atoms with van der Waals surface area (Å²) in [5.41, 5.74) is 0.442. The Morgan fingerprint density at radius 2 is 1.95 bits per heavy atom. The van der Waals surface area contributed by atoms with Gasteiger partial charge in [-0.25, -0.2) is 4.98 Å². The Morgan fingerprint density at radius 1 is 1.20 bits per heavy atom. The number of nitrogens with zero attached hydrogens (tertiary/aromatic N) is 2. The number of nitrogens with one attached hydrogen (secondary N) is 3. The van der Waals surface area contributed by atoms with Crippen molar-refractivity contribution in [3.63, 3.8) is 0 Å². The van der Waals surface area contributed by atoms with Crippen molar-refractivity contribution < 1.29 is 9.59 Å². The molecule has 2 amide bonds. The number of hydrogen-bond acceptors (Lipinski definition) is 4. The van der Waals surface area contributed by atoms with E-state index in [1.54, 1.807) is 24.3 Å². The molecule has 0 fully saturated rings. The summed E-state index contributed by atoms with van der Waals surface area (Å²) in [6, 6.07) is 6.40. The van der Waals surface area contributed by atoms with Crippen molar-refractivity contribution in [2.75, 3.05) is 6.54 Å². The Bertz CT molecular complexity index is 582. The fourth-order valence-corrected chi connectivity index (χ4v) is 1.55. The number of amides is 2. The number of carbonyl (C=O) groups excluding carboxylic acids is 2. The lowest BCUT2D eigenvalue weighted by Gasteiger charge is -2.06. The van der Waals surface area contributed by atoms with E-state index >= 15 is 0 Å². The Balaban J connectivity index is 1.75. The van der Waals surface area contributed by atoms with Gasteiger partial charge in [-0.15, -0.1) is 0 Å². The quantitative estimate of drug-likeness (QED) is 0.747. The molecule has 0 aliphatic carbocycles. The van der Waals surface area contributed by atoms with E-state index in [9.17, 15) is 9.59 Å². The predicted octanol–water partition coefficient (Wildman–Crippen LogP) is 0.504. The van der Waals surface area contributed by atoms with E-state index in [4.69, 9.17) is 11.6 Å². The smallest absolute Gasteiger partial charge is 0.251 e. The third-order valence-electron chi connectivity index (χ3n) is 2.43. The van der Waals surface area contributed by atoms with Gasteiger partial charge in [0.2, 0.25) is 5.91 Å². The molecule has 0 saturated carbocycles. The third kappa shape index (κ3) is 4.06. The molecule has 1 aromatic carbocycles. The molecule has 7 nitrogen and oxygen atoms in total. The highest BCUT2D eigenvalue weighted by molar-refractivity contribution is 6.30. The molecule has 1 heterocycles. The lowest BCUT2D eigenvalue weighted by atomic mass is 10.2. The minimum absolute atomic E-state index is 0.115. The summed E-state index contributed by atoms with van der Waals surface area (Å²) in [6.45, 7) is 0.116. The van der Waals surface area contributed by atoms with Crippen molar-refractivity contribution in [1.82, 2.24) is 25.8 Å². The van der Waals surface area contributed by atoms with Gasteiger partial charge in [0, 0.05) is 10.6 Å². The van der Waals surface area contributed by atoms with Crippen LogP contribution in [0.4, 0.5) is 0 Å². The van der Waals surface area contributed by atoms with Gasteiger partial charge < -0.3 is 10.6 Å². The topological polar surface area (TPSA) is 99.8 Å². The standard InChI is InChI=1S/C12H12ClN5O2/c13-9-3-1-8(2-4-9)12(20)15-6-11(19)14-5-10-16-7-17-18-10/h1-4,7H,5-6H2,(H,14,19)(H,15,20)(H,16,17,18). The van der Waals surface area contributed by atoms with Crippen LogP contribution in [0.5, 0.6) is 0 Å². The van der Waals surface area contributed by atoms with E-state index < -0.39 is 0 Å². The largest absolute Gasteiger partial charge is 0.347 e. The average molecular weight is 294 g/mol. The van der Waals surface area contributed by atoms with Crippen LogP contribution in [0.3, 0.4) is 0 Å². The van der Waals surface area contributed by atoms with Crippen molar-refractivity contribution in [3.8, 4) is 0 Å². The van der Waals surface area contributed by atoms with E-state index in [-0.39, 0.29) is 24.9 Å². The van der Waals surface area contributed by atoms with Gasteiger partial charge in [-0.3, -0.25) is 14.7 Å². The molecular formula is C12H12ClN5O2. The fraction of sp³-hybridized carbons (Fsp3) is 0.167. The Morgan fingerprint density at radius 3 is 2.60 bits per heavy atom. The van der Waals surface area contributed by atoms with Crippen LogP contribution < -0.4 is 10.6 Å². The van der Waals surface area contributed by atoms with Gasteiger partial charge in [0.15, 0.2) is 0 Å².